The summed E-state index contributed by atoms with van der Waals surface area (Å²) in [5, 5.41) is 3.19. The van der Waals surface area contributed by atoms with Crippen LogP contribution in [0.25, 0.3) is 0 Å². The molecule has 0 saturated heterocycles. The molecule has 1 N–H and O–H groups in total. The number of unbranched alkanes of at least 4 members (excludes halogenated alkanes) is 6. The monoisotopic (exact) mass is 353 g/mol. The zero-order valence-corrected chi connectivity index (χ0v) is 17.9. The fourth-order valence-electron chi connectivity index (χ4n) is 3.65. The molecule has 2 unspecified atom stereocenters. The van der Waals surface area contributed by atoms with Crippen LogP contribution in [0.5, 0.6) is 0 Å². The maximum Gasteiger partial charge on any atom is 0.223 e. The second kappa shape index (κ2) is 18.3. The Balaban J connectivity index is 4.13. The van der Waals surface area contributed by atoms with Crippen molar-refractivity contribution in [1.82, 2.24) is 5.32 Å². The van der Waals surface area contributed by atoms with Gasteiger partial charge in [-0.05, 0) is 25.2 Å². The SMILES string of the molecule is CCCCCNC(=O)C(CCCCC)CCCCC(CC)CCCC. The van der Waals surface area contributed by atoms with E-state index in [2.05, 4.69) is 33.0 Å². The van der Waals surface area contributed by atoms with Crippen LogP contribution in [0.4, 0.5) is 0 Å². The van der Waals surface area contributed by atoms with Gasteiger partial charge in [-0.15, -0.1) is 0 Å². The smallest absolute Gasteiger partial charge is 0.223 e. The second-order valence-corrected chi connectivity index (χ2v) is 7.89. The molecule has 1 amide bonds. The first-order valence-corrected chi connectivity index (χ1v) is 11.5. The maximum atomic E-state index is 12.5. The Morgan fingerprint density at radius 2 is 1.20 bits per heavy atom. The molecule has 25 heavy (non-hydrogen) atoms. The summed E-state index contributed by atoms with van der Waals surface area (Å²) in [6.45, 7) is 9.93. The lowest BCUT2D eigenvalue weighted by Gasteiger charge is -2.18. The highest BCUT2D eigenvalue weighted by atomic mass is 16.1. The minimum atomic E-state index is 0.254. The maximum absolute atomic E-state index is 12.5. The number of rotatable bonds is 18. The van der Waals surface area contributed by atoms with Gasteiger partial charge in [0, 0.05) is 12.5 Å². The van der Waals surface area contributed by atoms with Gasteiger partial charge < -0.3 is 5.32 Å². The quantitative estimate of drug-likeness (QED) is 0.258. The Kier molecular flexibility index (Phi) is 17.9. The summed E-state index contributed by atoms with van der Waals surface area (Å²) in [4.78, 5) is 12.5. The van der Waals surface area contributed by atoms with Crippen LogP contribution in [-0.2, 0) is 4.79 Å². The lowest BCUT2D eigenvalue weighted by atomic mass is 9.90. The zero-order chi connectivity index (χ0) is 18.8. The number of amides is 1. The van der Waals surface area contributed by atoms with Gasteiger partial charge in [0.1, 0.15) is 0 Å². The molecule has 0 fully saturated rings. The number of carbonyl (C=O) groups is 1. The highest BCUT2D eigenvalue weighted by molar-refractivity contribution is 5.78. The van der Waals surface area contributed by atoms with E-state index in [1.165, 1.54) is 77.0 Å². The number of nitrogens with one attached hydrogen (secondary N) is 1. The molecule has 2 atom stereocenters. The summed E-state index contributed by atoms with van der Waals surface area (Å²) in [5.74, 6) is 1.48. The van der Waals surface area contributed by atoms with E-state index in [0.29, 0.717) is 5.91 Å². The minimum absolute atomic E-state index is 0.254. The first-order chi connectivity index (χ1) is 12.2. The van der Waals surface area contributed by atoms with Crippen LogP contribution in [0.15, 0.2) is 0 Å². The largest absolute Gasteiger partial charge is 0.356 e. The molecule has 0 bridgehead atoms. The van der Waals surface area contributed by atoms with E-state index in [0.717, 1.165) is 31.7 Å². The first kappa shape index (κ1) is 24.5. The van der Waals surface area contributed by atoms with E-state index in [4.69, 9.17) is 0 Å². The van der Waals surface area contributed by atoms with Crippen molar-refractivity contribution in [3.63, 3.8) is 0 Å². The van der Waals surface area contributed by atoms with Gasteiger partial charge >= 0.3 is 0 Å². The third-order valence-electron chi connectivity index (χ3n) is 5.56. The summed E-state index contributed by atoms with van der Waals surface area (Å²) in [6, 6.07) is 0. The predicted octanol–water partition coefficient (Wildman–Crippen LogP) is 7.27. The molecule has 0 saturated carbocycles. The molecular formula is C23H47NO. The Labute approximate surface area is 158 Å². The standard InChI is InChI=1S/C23H47NO/c1-5-9-12-18-22(23(25)24-20-15-10-6-2)19-14-13-17-21(8-4)16-11-7-3/h21-22H,5-20H2,1-4H3,(H,24,25). The molecule has 0 aromatic carbocycles. The van der Waals surface area contributed by atoms with Crippen LogP contribution >= 0.6 is 0 Å². The average Bonchev–Trinajstić information content (AvgIpc) is 2.63. The van der Waals surface area contributed by atoms with Crippen molar-refractivity contribution >= 4 is 5.91 Å². The lowest BCUT2D eigenvalue weighted by Crippen LogP contribution is -2.31. The van der Waals surface area contributed by atoms with Gasteiger partial charge in [0.2, 0.25) is 5.91 Å². The van der Waals surface area contributed by atoms with E-state index >= 15 is 0 Å². The second-order valence-electron chi connectivity index (χ2n) is 7.89. The van der Waals surface area contributed by atoms with Crippen LogP contribution in [0.1, 0.15) is 124 Å². The van der Waals surface area contributed by atoms with E-state index in [-0.39, 0.29) is 5.92 Å². The molecule has 0 heterocycles. The Bertz CT molecular complexity index is 290. The Hall–Kier alpha value is -0.530. The molecule has 0 spiro atoms. The van der Waals surface area contributed by atoms with Crippen molar-refractivity contribution in [2.24, 2.45) is 11.8 Å². The molecule has 0 aliphatic carbocycles. The van der Waals surface area contributed by atoms with Gasteiger partial charge in [-0.3, -0.25) is 4.79 Å². The number of carbonyl (C=O) groups excluding carboxylic acids is 1. The summed E-state index contributed by atoms with van der Waals surface area (Å²) in [5.41, 5.74) is 0. The third kappa shape index (κ3) is 14.3. The number of hydrogen-bond acceptors (Lipinski definition) is 1. The van der Waals surface area contributed by atoms with Gasteiger partial charge in [0.25, 0.3) is 0 Å². The molecular weight excluding hydrogens is 306 g/mol. The lowest BCUT2D eigenvalue weighted by molar-refractivity contribution is -0.125. The van der Waals surface area contributed by atoms with Crippen molar-refractivity contribution in [2.45, 2.75) is 124 Å². The normalized spacial score (nSPS) is 13.6. The molecule has 0 rings (SSSR count). The fourth-order valence-corrected chi connectivity index (χ4v) is 3.65. The highest BCUT2D eigenvalue weighted by Gasteiger charge is 2.17. The minimum Gasteiger partial charge on any atom is -0.356 e. The van der Waals surface area contributed by atoms with Gasteiger partial charge in [-0.1, -0.05) is 105 Å². The summed E-state index contributed by atoms with van der Waals surface area (Å²) >= 11 is 0. The van der Waals surface area contributed by atoms with E-state index in [1.54, 1.807) is 0 Å². The molecule has 0 aromatic heterocycles. The third-order valence-corrected chi connectivity index (χ3v) is 5.56. The molecule has 2 heteroatoms. The van der Waals surface area contributed by atoms with Gasteiger partial charge in [0.05, 0.1) is 0 Å². The van der Waals surface area contributed by atoms with E-state index in [9.17, 15) is 4.79 Å². The van der Waals surface area contributed by atoms with Crippen molar-refractivity contribution in [1.29, 1.82) is 0 Å². The summed E-state index contributed by atoms with van der Waals surface area (Å²) in [7, 11) is 0. The molecule has 2 nitrogen and oxygen atoms in total. The topological polar surface area (TPSA) is 29.1 Å². The predicted molar refractivity (Wildman–Crippen MR) is 112 cm³/mol. The van der Waals surface area contributed by atoms with Crippen LogP contribution in [0.3, 0.4) is 0 Å². The Morgan fingerprint density at radius 1 is 0.680 bits per heavy atom. The fraction of sp³-hybridized carbons (Fsp3) is 0.957. The van der Waals surface area contributed by atoms with Gasteiger partial charge in [-0.25, -0.2) is 0 Å². The van der Waals surface area contributed by atoms with Crippen molar-refractivity contribution < 1.29 is 4.79 Å². The van der Waals surface area contributed by atoms with Crippen LogP contribution in [0, 0.1) is 11.8 Å². The molecule has 0 aliphatic rings. The molecule has 0 aliphatic heterocycles. The Morgan fingerprint density at radius 3 is 1.80 bits per heavy atom. The summed E-state index contributed by atoms with van der Waals surface area (Å²) < 4.78 is 0. The first-order valence-electron chi connectivity index (χ1n) is 11.5. The highest BCUT2D eigenvalue weighted by Crippen LogP contribution is 2.23. The number of hydrogen-bond donors (Lipinski definition) is 1. The van der Waals surface area contributed by atoms with Crippen LogP contribution in [0.2, 0.25) is 0 Å². The van der Waals surface area contributed by atoms with Crippen LogP contribution < -0.4 is 5.32 Å². The van der Waals surface area contributed by atoms with Crippen molar-refractivity contribution in [3.05, 3.63) is 0 Å². The zero-order valence-electron chi connectivity index (χ0n) is 17.9. The van der Waals surface area contributed by atoms with Crippen LogP contribution in [-0.4, -0.2) is 12.5 Å². The molecule has 150 valence electrons. The van der Waals surface area contributed by atoms with Crippen molar-refractivity contribution in [3.8, 4) is 0 Å². The average molecular weight is 354 g/mol. The molecule has 0 radical (unpaired) electrons. The van der Waals surface area contributed by atoms with Gasteiger partial charge in [0.15, 0.2) is 0 Å². The van der Waals surface area contributed by atoms with Crippen molar-refractivity contribution in [2.75, 3.05) is 6.54 Å². The van der Waals surface area contributed by atoms with E-state index < -0.39 is 0 Å². The van der Waals surface area contributed by atoms with E-state index in [1.807, 2.05) is 0 Å². The van der Waals surface area contributed by atoms with Gasteiger partial charge in [-0.2, -0.15) is 0 Å². The molecule has 0 aromatic rings. The summed E-state index contributed by atoms with van der Waals surface area (Å²) in [6.07, 6.45) is 18.7.